The lowest BCUT2D eigenvalue weighted by Gasteiger charge is -2.29. The zero-order valence-corrected chi connectivity index (χ0v) is 12.7. The molecule has 0 N–H and O–H groups in total. The van der Waals surface area contributed by atoms with Gasteiger partial charge in [0.05, 0.1) is 18.8 Å². The van der Waals surface area contributed by atoms with Gasteiger partial charge in [-0.2, -0.15) is 0 Å². The Labute approximate surface area is 116 Å². The summed E-state index contributed by atoms with van der Waals surface area (Å²) in [5.41, 5.74) is -0.655. The van der Waals surface area contributed by atoms with Crippen molar-refractivity contribution in [1.29, 1.82) is 0 Å². The number of carbonyl (C=O) groups excluding carboxylic acids is 1. The molecule has 110 valence electrons. The summed E-state index contributed by atoms with van der Waals surface area (Å²) in [4.78, 5) is 13.8. The minimum Gasteiger partial charge on any atom is -0.444 e. The summed E-state index contributed by atoms with van der Waals surface area (Å²) in [7, 11) is 0. The number of hydrogen-bond donors (Lipinski definition) is 0. The maximum Gasteiger partial charge on any atom is 0.410 e. The SMILES string of the molecule is C=CCCOC1(CC)CCN(C(=O)OC(C)(C)C)C1. The van der Waals surface area contributed by atoms with Gasteiger partial charge in [-0.15, -0.1) is 6.58 Å². The van der Waals surface area contributed by atoms with Crippen molar-refractivity contribution >= 4 is 6.09 Å². The van der Waals surface area contributed by atoms with Crippen LogP contribution in [0.5, 0.6) is 0 Å². The van der Waals surface area contributed by atoms with Crippen LogP contribution in [0.4, 0.5) is 4.79 Å². The van der Waals surface area contributed by atoms with Crippen molar-refractivity contribution in [1.82, 2.24) is 4.90 Å². The summed E-state index contributed by atoms with van der Waals surface area (Å²) >= 11 is 0. The summed E-state index contributed by atoms with van der Waals surface area (Å²) in [5, 5.41) is 0. The van der Waals surface area contributed by atoms with Crippen LogP contribution in [0.3, 0.4) is 0 Å². The molecule has 0 aromatic heterocycles. The Balaban J connectivity index is 2.54. The Kier molecular flexibility index (Phi) is 5.41. The highest BCUT2D eigenvalue weighted by atomic mass is 16.6. The lowest BCUT2D eigenvalue weighted by atomic mass is 10.00. The second-order valence-corrected chi connectivity index (χ2v) is 6.11. The number of amides is 1. The number of carbonyl (C=O) groups is 1. The second kappa shape index (κ2) is 6.42. The molecule has 0 aliphatic carbocycles. The maximum atomic E-state index is 12.0. The molecule has 1 atom stereocenters. The van der Waals surface area contributed by atoms with E-state index in [0.29, 0.717) is 19.7 Å². The first-order valence-electron chi connectivity index (χ1n) is 7.05. The fraction of sp³-hybridized carbons (Fsp3) is 0.800. The molecular weight excluding hydrogens is 242 g/mol. The third-order valence-electron chi connectivity index (χ3n) is 3.34. The Hall–Kier alpha value is -1.03. The molecular formula is C15H27NO3. The van der Waals surface area contributed by atoms with Gasteiger partial charge in [0.15, 0.2) is 0 Å². The van der Waals surface area contributed by atoms with Gasteiger partial charge in [-0.3, -0.25) is 0 Å². The van der Waals surface area contributed by atoms with Crippen molar-refractivity contribution in [3.63, 3.8) is 0 Å². The molecule has 1 aliphatic heterocycles. The Bertz CT molecular complexity index is 322. The van der Waals surface area contributed by atoms with Gasteiger partial charge < -0.3 is 14.4 Å². The average Bonchev–Trinajstić information content (AvgIpc) is 2.73. The minimum absolute atomic E-state index is 0.208. The summed E-state index contributed by atoms with van der Waals surface area (Å²) in [6.07, 6.45) is 4.23. The molecule has 1 heterocycles. The number of rotatable bonds is 5. The lowest BCUT2D eigenvalue weighted by molar-refractivity contribution is -0.0404. The molecule has 0 aromatic rings. The Morgan fingerprint density at radius 2 is 2.16 bits per heavy atom. The van der Waals surface area contributed by atoms with Gasteiger partial charge in [0.25, 0.3) is 0 Å². The standard InChI is InChI=1S/C15H27NO3/c1-6-8-11-18-15(7-2)9-10-16(12-15)13(17)19-14(3,4)5/h6H,1,7-12H2,2-5H3. The van der Waals surface area contributed by atoms with Crippen LogP contribution in [0, 0.1) is 0 Å². The van der Waals surface area contributed by atoms with Gasteiger partial charge in [-0.25, -0.2) is 4.79 Å². The molecule has 1 saturated heterocycles. The van der Waals surface area contributed by atoms with Gasteiger partial charge in [0, 0.05) is 6.54 Å². The predicted octanol–water partition coefficient (Wildman–Crippen LogP) is 3.37. The van der Waals surface area contributed by atoms with Crippen LogP contribution in [0.1, 0.15) is 47.0 Å². The zero-order valence-electron chi connectivity index (χ0n) is 12.7. The van der Waals surface area contributed by atoms with E-state index < -0.39 is 5.60 Å². The summed E-state index contributed by atoms with van der Waals surface area (Å²) < 4.78 is 11.4. The Morgan fingerprint density at radius 1 is 1.47 bits per heavy atom. The van der Waals surface area contributed by atoms with Crippen LogP contribution in [0.15, 0.2) is 12.7 Å². The zero-order chi connectivity index (χ0) is 14.5. The normalized spacial score (nSPS) is 23.5. The smallest absolute Gasteiger partial charge is 0.410 e. The van der Waals surface area contributed by atoms with E-state index in [9.17, 15) is 4.79 Å². The summed E-state index contributed by atoms with van der Waals surface area (Å²) in [6.45, 7) is 13.4. The molecule has 1 fully saturated rings. The first-order chi connectivity index (χ1) is 8.82. The van der Waals surface area contributed by atoms with E-state index in [1.807, 2.05) is 26.8 Å². The third-order valence-corrected chi connectivity index (χ3v) is 3.34. The molecule has 1 unspecified atom stereocenters. The molecule has 0 spiro atoms. The Morgan fingerprint density at radius 3 is 2.68 bits per heavy atom. The molecule has 0 saturated carbocycles. The van der Waals surface area contributed by atoms with Crippen molar-refractivity contribution in [2.45, 2.75) is 58.2 Å². The van der Waals surface area contributed by atoms with Gasteiger partial charge in [-0.1, -0.05) is 13.0 Å². The fourth-order valence-corrected chi connectivity index (χ4v) is 2.19. The maximum absolute atomic E-state index is 12.0. The van der Waals surface area contributed by atoms with Crippen LogP contribution in [-0.2, 0) is 9.47 Å². The first kappa shape index (κ1) is 16.0. The number of likely N-dealkylation sites (tertiary alicyclic amines) is 1. The average molecular weight is 269 g/mol. The van der Waals surface area contributed by atoms with E-state index in [1.54, 1.807) is 4.90 Å². The summed E-state index contributed by atoms with van der Waals surface area (Å²) in [6, 6.07) is 0. The van der Waals surface area contributed by atoms with Crippen molar-refractivity contribution in [3.8, 4) is 0 Å². The van der Waals surface area contributed by atoms with E-state index >= 15 is 0 Å². The van der Waals surface area contributed by atoms with E-state index in [2.05, 4.69) is 13.5 Å². The highest BCUT2D eigenvalue weighted by Crippen LogP contribution is 2.30. The topological polar surface area (TPSA) is 38.8 Å². The van der Waals surface area contributed by atoms with Gasteiger partial charge >= 0.3 is 6.09 Å². The van der Waals surface area contributed by atoms with E-state index in [-0.39, 0.29) is 11.7 Å². The monoisotopic (exact) mass is 269 g/mol. The van der Waals surface area contributed by atoms with Crippen LogP contribution in [-0.4, -0.2) is 41.9 Å². The molecule has 0 bridgehead atoms. The number of hydrogen-bond acceptors (Lipinski definition) is 3. The molecule has 19 heavy (non-hydrogen) atoms. The lowest BCUT2D eigenvalue weighted by Crippen LogP contribution is -2.40. The molecule has 4 heteroatoms. The largest absolute Gasteiger partial charge is 0.444 e. The molecule has 1 amide bonds. The quantitative estimate of drug-likeness (QED) is 0.567. The first-order valence-corrected chi connectivity index (χ1v) is 7.05. The highest BCUT2D eigenvalue weighted by Gasteiger charge is 2.40. The van der Waals surface area contributed by atoms with Crippen molar-refractivity contribution in [2.24, 2.45) is 0 Å². The summed E-state index contributed by atoms with van der Waals surface area (Å²) in [5.74, 6) is 0. The molecule has 0 radical (unpaired) electrons. The van der Waals surface area contributed by atoms with Gasteiger partial charge in [0.2, 0.25) is 0 Å². The van der Waals surface area contributed by atoms with E-state index in [4.69, 9.17) is 9.47 Å². The van der Waals surface area contributed by atoms with Gasteiger partial charge in [-0.05, 0) is 40.0 Å². The van der Waals surface area contributed by atoms with Crippen LogP contribution in [0.2, 0.25) is 0 Å². The molecule has 0 aromatic carbocycles. The van der Waals surface area contributed by atoms with Crippen LogP contribution >= 0.6 is 0 Å². The van der Waals surface area contributed by atoms with Crippen molar-refractivity contribution in [2.75, 3.05) is 19.7 Å². The molecule has 1 rings (SSSR count). The predicted molar refractivity (Wildman–Crippen MR) is 76.2 cm³/mol. The molecule has 1 aliphatic rings. The van der Waals surface area contributed by atoms with E-state index in [0.717, 1.165) is 19.3 Å². The van der Waals surface area contributed by atoms with Crippen LogP contribution < -0.4 is 0 Å². The second-order valence-electron chi connectivity index (χ2n) is 6.11. The number of ether oxygens (including phenoxy) is 2. The molecule has 4 nitrogen and oxygen atoms in total. The van der Waals surface area contributed by atoms with Crippen LogP contribution in [0.25, 0.3) is 0 Å². The van der Waals surface area contributed by atoms with E-state index in [1.165, 1.54) is 0 Å². The van der Waals surface area contributed by atoms with Crippen molar-refractivity contribution < 1.29 is 14.3 Å². The van der Waals surface area contributed by atoms with Gasteiger partial charge in [0.1, 0.15) is 5.60 Å². The fourth-order valence-electron chi connectivity index (χ4n) is 2.19. The number of nitrogens with zero attached hydrogens (tertiary/aromatic N) is 1. The third kappa shape index (κ3) is 4.86. The van der Waals surface area contributed by atoms with Crippen molar-refractivity contribution in [3.05, 3.63) is 12.7 Å². The highest BCUT2D eigenvalue weighted by molar-refractivity contribution is 5.68. The minimum atomic E-state index is -0.446.